The number of halogens is 4. The van der Waals surface area contributed by atoms with Gasteiger partial charge in [-0.05, 0) is 36.8 Å². The molecule has 1 saturated heterocycles. The van der Waals surface area contributed by atoms with E-state index in [0.717, 1.165) is 6.07 Å². The summed E-state index contributed by atoms with van der Waals surface area (Å²) in [5.41, 5.74) is 0.619. The maximum Gasteiger partial charge on any atom is 0.259 e. The summed E-state index contributed by atoms with van der Waals surface area (Å²) in [4.78, 5) is 23.3. The molecule has 1 unspecified atom stereocenters. The molecule has 1 aliphatic rings. The molecular formula is C22H21ClF3N5O2S. The molecule has 0 aliphatic carbocycles. The lowest BCUT2D eigenvalue weighted by atomic mass is 10.1. The first-order valence-electron chi connectivity index (χ1n) is 10.4. The molecule has 3 heterocycles. The van der Waals surface area contributed by atoms with E-state index in [9.17, 15) is 22.2 Å². The number of rotatable bonds is 4. The number of nitrogens with one attached hydrogen (secondary N) is 2. The van der Waals surface area contributed by atoms with Gasteiger partial charge >= 0.3 is 0 Å². The maximum atomic E-state index is 14.1. The second kappa shape index (κ2) is 9.03. The molecule has 0 radical (unpaired) electrons. The highest BCUT2D eigenvalue weighted by molar-refractivity contribution is 7.91. The molecule has 0 bridgehead atoms. The molecule has 0 saturated carbocycles. The van der Waals surface area contributed by atoms with Crippen molar-refractivity contribution in [2.24, 2.45) is 0 Å². The summed E-state index contributed by atoms with van der Waals surface area (Å²) in [5, 5.41) is 2.81. The van der Waals surface area contributed by atoms with E-state index in [0.29, 0.717) is 10.9 Å². The third-order valence-electron chi connectivity index (χ3n) is 5.49. The average Bonchev–Trinajstić information content (AvgIpc) is 2.94. The number of carbonyl (C=O) groups is 1. The molecule has 180 valence electrons. The van der Waals surface area contributed by atoms with Crippen LogP contribution in [-0.4, -0.2) is 45.4 Å². The van der Waals surface area contributed by atoms with Crippen molar-refractivity contribution < 1.29 is 22.2 Å². The Morgan fingerprint density at radius 2 is 2.00 bits per heavy atom. The first-order valence-corrected chi connectivity index (χ1v) is 12.7. The molecule has 12 heteroatoms. The summed E-state index contributed by atoms with van der Waals surface area (Å²) in [6.07, 6.45) is 2.08. The Labute approximate surface area is 199 Å². The van der Waals surface area contributed by atoms with Gasteiger partial charge in [0.25, 0.3) is 5.91 Å². The molecule has 2 N–H and O–H groups in total. The van der Waals surface area contributed by atoms with Gasteiger partial charge in [-0.3, -0.25) is 4.79 Å². The third kappa shape index (κ3) is 5.25. The van der Waals surface area contributed by atoms with Crippen molar-refractivity contribution >= 4 is 49.6 Å². The Hall–Kier alpha value is -2.92. The number of nitrogens with zero attached hydrogens (tertiary/aromatic N) is 3. The molecule has 0 spiro atoms. The van der Waals surface area contributed by atoms with Gasteiger partial charge in [-0.15, -0.1) is 0 Å². The minimum atomic E-state index is -3.11. The van der Waals surface area contributed by atoms with Crippen LogP contribution in [0, 0.1) is 10.6 Å². The van der Waals surface area contributed by atoms with Crippen molar-refractivity contribution in [2.45, 2.75) is 30.2 Å². The topological polar surface area (TPSA) is 99.0 Å². The van der Waals surface area contributed by atoms with E-state index in [-0.39, 0.29) is 59.5 Å². The number of pyridine rings is 2. The van der Waals surface area contributed by atoms with E-state index >= 15 is 0 Å². The third-order valence-corrected chi connectivity index (χ3v) is 6.80. The van der Waals surface area contributed by atoms with Crippen LogP contribution in [0.5, 0.6) is 0 Å². The summed E-state index contributed by atoms with van der Waals surface area (Å²) in [6, 6.07) is 6.70. The van der Waals surface area contributed by atoms with E-state index in [1.807, 2.05) is 0 Å². The SMILES string of the molecule is CS(=N)(=O)c1cc(NC(=O)c2cc3cc(F)c(Cl)cc3nc2N2CCCC(F)(F)CC2)ccn1. The first-order chi connectivity index (χ1) is 15.9. The predicted molar refractivity (Wildman–Crippen MR) is 125 cm³/mol. The molecule has 3 aromatic rings. The number of carbonyl (C=O) groups excluding carboxylic acids is 1. The number of anilines is 2. The normalized spacial score (nSPS) is 17.7. The Kier molecular flexibility index (Phi) is 6.43. The van der Waals surface area contributed by atoms with Crippen molar-refractivity contribution in [3.05, 3.63) is 52.9 Å². The molecule has 4 rings (SSSR count). The van der Waals surface area contributed by atoms with Gasteiger partial charge in [0.1, 0.15) is 16.7 Å². The van der Waals surface area contributed by atoms with Gasteiger partial charge in [0, 0.05) is 49.5 Å². The molecule has 34 heavy (non-hydrogen) atoms. The van der Waals surface area contributed by atoms with Crippen LogP contribution >= 0.6 is 11.6 Å². The lowest BCUT2D eigenvalue weighted by Crippen LogP contribution is -2.29. The highest BCUT2D eigenvalue weighted by atomic mass is 35.5. The highest BCUT2D eigenvalue weighted by Crippen LogP contribution is 2.33. The molecular weight excluding hydrogens is 491 g/mol. The number of alkyl halides is 2. The lowest BCUT2D eigenvalue weighted by molar-refractivity contribution is -0.0102. The predicted octanol–water partition coefficient (Wildman–Crippen LogP) is 5.34. The molecule has 7 nitrogen and oxygen atoms in total. The molecule has 1 amide bonds. The van der Waals surface area contributed by atoms with Crippen molar-refractivity contribution in [1.82, 2.24) is 9.97 Å². The van der Waals surface area contributed by atoms with Gasteiger partial charge in [0.15, 0.2) is 0 Å². The van der Waals surface area contributed by atoms with Crippen LogP contribution in [0.2, 0.25) is 5.02 Å². The summed E-state index contributed by atoms with van der Waals surface area (Å²) in [7, 11) is -3.11. The molecule has 1 atom stereocenters. The fraction of sp³-hybridized carbons (Fsp3) is 0.318. The van der Waals surface area contributed by atoms with E-state index in [4.69, 9.17) is 16.4 Å². The second-order valence-electron chi connectivity index (χ2n) is 8.20. The largest absolute Gasteiger partial charge is 0.356 e. The van der Waals surface area contributed by atoms with Crippen molar-refractivity contribution in [3.63, 3.8) is 0 Å². The molecule has 2 aromatic heterocycles. The van der Waals surface area contributed by atoms with Crippen LogP contribution in [-0.2, 0) is 9.73 Å². The Bertz CT molecular complexity index is 1380. The van der Waals surface area contributed by atoms with E-state index in [2.05, 4.69) is 15.3 Å². The summed E-state index contributed by atoms with van der Waals surface area (Å²) < 4.78 is 61.7. The van der Waals surface area contributed by atoms with E-state index < -0.39 is 27.4 Å². The monoisotopic (exact) mass is 511 g/mol. The second-order valence-corrected chi connectivity index (χ2v) is 10.7. The smallest absolute Gasteiger partial charge is 0.259 e. The van der Waals surface area contributed by atoms with Crippen LogP contribution in [0.3, 0.4) is 0 Å². The number of hydrogen-bond donors (Lipinski definition) is 2. The zero-order valence-electron chi connectivity index (χ0n) is 18.1. The number of hydrogen-bond acceptors (Lipinski definition) is 6. The van der Waals surface area contributed by atoms with Gasteiger partial charge < -0.3 is 10.2 Å². The van der Waals surface area contributed by atoms with Crippen LogP contribution in [0.25, 0.3) is 10.9 Å². The van der Waals surface area contributed by atoms with Crippen molar-refractivity contribution in [1.29, 1.82) is 4.78 Å². The van der Waals surface area contributed by atoms with Crippen LogP contribution in [0.4, 0.5) is 24.7 Å². The number of fused-ring (bicyclic) bond motifs is 1. The molecule has 1 aromatic carbocycles. The minimum Gasteiger partial charge on any atom is -0.356 e. The quantitative estimate of drug-likeness (QED) is 0.493. The standard InChI is InChI=1S/C22H21ClF3N5O2S/c1-34(27,33)19-11-14(3-6-28-19)29-21(32)15-9-13-10-17(24)16(23)12-18(13)30-20(15)31-7-2-4-22(25,26)5-8-31/h3,6,9-12,27H,2,4-5,7-8H2,1H3,(H,28,29,32). The lowest BCUT2D eigenvalue weighted by Gasteiger charge is -2.24. The van der Waals surface area contributed by atoms with Crippen LogP contribution < -0.4 is 10.2 Å². The van der Waals surface area contributed by atoms with Gasteiger partial charge in [-0.25, -0.2) is 32.1 Å². The van der Waals surface area contributed by atoms with Crippen molar-refractivity contribution in [2.75, 3.05) is 29.6 Å². The highest BCUT2D eigenvalue weighted by Gasteiger charge is 2.33. The van der Waals surface area contributed by atoms with Gasteiger partial charge in [-0.1, -0.05) is 11.6 Å². The zero-order chi connectivity index (χ0) is 24.7. The zero-order valence-corrected chi connectivity index (χ0v) is 19.7. The Morgan fingerprint density at radius 3 is 2.74 bits per heavy atom. The van der Waals surface area contributed by atoms with Gasteiger partial charge in [0.2, 0.25) is 5.92 Å². The number of aromatic nitrogens is 2. The number of amides is 1. The van der Waals surface area contributed by atoms with Crippen molar-refractivity contribution in [3.8, 4) is 0 Å². The van der Waals surface area contributed by atoms with Gasteiger partial charge in [0.05, 0.1) is 25.8 Å². The minimum absolute atomic E-state index is 0.00591. The Balaban J connectivity index is 1.77. The average molecular weight is 512 g/mol. The fourth-order valence-electron chi connectivity index (χ4n) is 3.74. The summed E-state index contributed by atoms with van der Waals surface area (Å²) >= 11 is 5.90. The first kappa shape index (κ1) is 24.2. The molecule has 1 aliphatic heterocycles. The van der Waals surface area contributed by atoms with Crippen LogP contribution in [0.1, 0.15) is 29.6 Å². The summed E-state index contributed by atoms with van der Waals surface area (Å²) in [5.74, 6) is -3.94. The van der Waals surface area contributed by atoms with Gasteiger partial charge in [-0.2, -0.15) is 0 Å². The Morgan fingerprint density at radius 1 is 1.24 bits per heavy atom. The maximum absolute atomic E-state index is 14.1. The van der Waals surface area contributed by atoms with Crippen LogP contribution in [0.15, 0.2) is 41.6 Å². The fourth-order valence-corrected chi connectivity index (χ4v) is 4.51. The summed E-state index contributed by atoms with van der Waals surface area (Å²) in [6.45, 7) is 0.246. The van der Waals surface area contributed by atoms with E-state index in [1.165, 1.54) is 36.7 Å². The van der Waals surface area contributed by atoms with E-state index in [1.54, 1.807) is 4.90 Å². The number of benzene rings is 1. The molecule has 1 fully saturated rings.